The van der Waals surface area contributed by atoms with Crippen molar-refractivity contribution in [3.05, 3.63) is 22.7 Å². The lowest BCUT2D eigenvalue weighted by atomic mass is 10.5. The first-order valence-corrected chi connectivity index (χ1v) is 3.27. The van der Waals surface area contributed by atoms with Gasteiger partial charge in [-0.2, -0.15) is 13.2 Å². The number of hydrogen-bond acceptors (Lipinski definition) is 2. The highest BCUT2D eigenvalue weighted by atomic mass is 79.9. The molecular formula is C5HBrF3N2. The van der Waals surface area contributed by atoms with Gasteiger partial charge in [0.2, 0.25) is 5.82 Å². The van der Waals surface area contributed by atoms with Gasteiger partial charge in [-0.05, 0) is 15.9 Å². The maximum Gasteiger partial charge on any atom is 0.451 e. The van der Waals surface area contributed by atoms with Gasteiger partial charge in [0.1, 0.15) is 4.60 Å². The zero-order valence-electron chi connectivity index (χ0n) is 4.98. The second-order valence-corrected chi connectivity index (χ2v) is 2.38. The van der Waals surface area contributed by atoms with Gasteiger partial charge in [0.05, 0.1) is 0 Å². The molecule has 0 aromatic carbocycles. The van der Waals surface area contributed by atoms with E-state index in [4.69, 9.17) is 0 Å². The molecule has 0 saturated heterocycles. The van der Waals surface area contributed by atoms with Crippen molar-refractivity contribution in [2.75, 3.05) is 0 Å². The summed E-state index contributed by atoms with van der Waals surface area (Å²) < 4.78 is 35.4. The number of rotatable bonds is 0. The van der Waals surface area contributed by atoms with Crippen molar-refractivity contribution >= 4 is 15.9 Å². The fourth-order valence-electron chi connectivity index (χ4n) is 0.437. The van der Waals surface area contributed by atoms with Gasteiger partial charge in [0.25, 0.3) is 0 Å². The highest BCUT2D eigenvalue weighted by molar-refractivity contribution is 9.10. The van der Waals surface area contributed by atoms with Gasteiger partial charge < -0.3 is 0 Å². The molecule has 1 rings (SSSR count). The van der Waals surface area contributed by atoms with Gasteiger partial charge in [-0.25, -0.2) is 9.97 Å². The Morgan fingerprint density at radius 1 is 1.45 bits per heavy atom. The van der Waals surface area contributed by atoms with E-state index in [-0.39, 0.29) is 4.60 Å². The van der Waals surface area contributed by atoms with Crippen molar-refractivity contribution in [2.45, 2.75) is 6.18 Å². The smallest absolute Gasteiger partial charge is 0.232 e. The first-order chi connectivity index (χ1) is 5.00. The summed E-state index contributed by atoms with van der Waals surface area (Å²) in [5.41, 5.74) is 0. The molecule has 0 amide bonds. The van der Waals surface area contributed by atoms with E-state index in [2.05, 4.69) is 32.0 Å². The molecule has 2 nitrogen and oxygen atoms in total. The molecule has 0 aliphatic carbocycles. The molecule has 0 unspecified atom stereocenters. The Balaban J connectivity index is 3.06. The Kier molecular flexibility index (Phi) is 2.12. The van der Waals surface area contributed by atoms with Crippen LogP contribution in [-0.4, -0.2) is 9.97 Å². The Morgan fingerprint density at radius 2 is 2.09 bits per heavy atom. The van der Waals surface area contributed by atoms with Crippen LogP contribution in [0, 0.1) is 6.07 Å². The monoisotopic (exact) mass is 225 g/mol. The van der Waals surface area contributed by atoms with Crippen LogP contribution in [0.25, 0.3) is 0 Å². The molecule has 0 atom stereocenters. The van der Waals surface area contributed by atoms with Gasteiger partial charge >= 0.3 is 6.18 Å². The van der Waals surface area contributed by atoms with E-state index in [0.717, 1.165) is 6.20 Å². The summed E-state index contributed by atoms with van der Waals surface area (Å²) in [7, 11) is 0. The van der Waals surface area contributed by atoms with Gasteiger partial charge in [-0.1, -0.05) is 0 Å². The molecular weight excluding hydrogens is 225 g/mol. The summed E-state index contributed by atoms with van der Waals surface area (Å²) in [6.07, 6.45) is -3.57. The first-order valence-electron chi connectivity index (χ1n) is 2.47. The summed E-state index contributed by atoms with van der Waals surface area (Å²) in [5, 5.41) is 0. The average Bonchev–Trinajstić information content (AvgIpc) is 1.86. The maximum absolute atomic E-state index is 11.8. The molecule has 0 bridgehead atoms. The van der Waals surface area contributed by atoms with Gasteiger partial charge in [0.15, 0.2) is 0 Å². The molecule has 1 heterocycles. The van der Waals surface area contributed by atoms with E-state index >= 15 is 0 Å². The lowest BCUT2D eigenvalue weighted by Gasteiger charge is -2.02. The van der Waals surface area contributed by atoms with Crippen LogP contribution in [0.3, 0.4) is 0 Å². The van der Waals surface area contributed by atoms with Crippen molar-refractivity contribution in [3.63, 3.8) is 0 Å². The molecule has 1 aromatic rings. The first kappa shape index (κ1) is 8.45. The molecule has 0 fully saturated rings. The number of hydrogen-bond donors (Lipinski definition) is 0. The van der Waals surface area contributed by atoms with Crippen LogP contribution in [0.2, 0.25) is 0 Å². The number of halogens is 4. The second-order valence-electron chi connectivity index (χ2n) is 1.63. The van der Waals surface area contributed by atoms with Gasteiger partial charge in [-0.3, -0.25) is 0 Å². The summed E-state index contributed by atoms with van der Waals surface area (Å²) in [6, 6.07) is 2.34. The molecule has 0 aliphatic heterocycles. The van der Waals surface area contributed by atoms with Crippen molar-refractivity contribution in [2.24, 2.45) is 0 Å². The largest absolute Gasteiger partial charge is 0.451 e. The minimum absolute atomic E-state index is 0.000162. The number of alkyl halides is 3. The summed E-state index contributed by atoms with van der Waals surface area (Å²) in [4.78, 5) is 6.06. The van der Waals surface area contributed by atoms with E-state index in [1.54, 1.807) is 0 Å². The zero-order valence-corrected chi connectivity index (χ0v) is 6.57. The summed E-state index contributed by atoms with van der Waals surface area (Å²) in [6.45, 7) is 0. The van der Waals surface area contributed by atoms with Crippen molar-refractivity contribution in [1.82, 2.24) is 9.97 Å². The van der Waals surface area contributed by atoms with E-state index in [9.17, 15) is 13.2 Å². The number of nitrogens with zero attached hydrogens (tertiary/aromatic N) is 2. The minimum atomic E-state index is -4.49. The number of aromatic nitrogens is 2. The molecule has 1 aromatic heterocycles. The Hall–Kier alpha value is -0.650. The van der Waals surface area contributed by atoms with E-state index in [0.29, 0.717) is 0 Å². The average molecular weight is 226 g/mol. The van der Waals surface area contributed by atoms with E-state index in [1.165, 1.54) is 0 Å². The fourth-order valence-corrected chi connectivity index (χ4v) is 0.708. The third kappa shape index (κ3) is 2.14. The highest BCUT2D eigenvalue weighted by Crippen LogP contribution is 2.25. The summed E-state index contributed by atoms with van der Waals surface area (Å²) in [5.74, 6) is -1.16. The molecule has 59 valence electrons. The van der Waals surface area contributed by atoms with Gasteiger partial charge in [-0.15, -0.1) is 0 Å². The molecule has 0 saturated carbocycles. The van der Waals surface area contributed by atoms with Crippen LogP contribution in [0.15, 0.2) is 10.8 Å². The second kappa shape index (κ2) is 2.77. The Labute approximate surface area is 68.6 Å². The summed E-state index contributed by atoms with van der Waals surface area (Å²) >= 11 is 2.75. The standard InChI is InChI=1S/C5HBrF3N2/c6-3-1-2-10-4(11-3)5(7,8)9/h2H. The lowest BCUT2D eigenvalue weighted by Crippen LogP contribution is -2.10. The molecule has 6 heteroatoms. The molecule has 0 spiro atoms. The third-order valence-corrected chi connectivity index (χ3v) is 1.23. The fraction of sp³-hybridized carbons (Fsp3) is 0.200. The zero-order chi connectivity index (χ0) is 8.48. The van der Waals surface area contributed by atoms with Crippen LogP contribution >= 0.6 is 15.9 Å². The molecule has 1 radical (unpaired) electrons. The SMILES string of the molecule is FC(F)(F)c1nc[c]c(Br)n1. The maximum atomic E-state index is 11.8. The molecule has 0 N–H and O–H groups in total. The molecule has 11 heavy (non-hydrogen) atoms. The van der Waals surface area contributed by atoms with Crippen molar-refractivity contribution < 1.29 is 13.2 Å². The van der Waals surface area contributed by atoms with Gasteiger partial charge in [0, 0.05) is 12.3 Å². The highest BCUT2D eigenvalue weighted by Gasteiger charge is 2.34. The van der Waals surface area contributed by atoms with E-state index in [1.807, 2.05) is 0 Å². The van der Waals surface area contributed by atoms with Crippen LogP contribution < -0.4 is 0 Å². The Bertz CT molecular complexity index is 260. The van der Waals surface area contributed by atoms with Crippen LogP contribution in [0.1, 0.15) is 5.82 Å². The van der Waals surface area contributed by atoms with Crippen molar-refractivity contribution in [1.29, 1.82) is 0 Å². The quantitative estimate of drug-likeness (QED) is 0.632. The predicted molar refractivity (Wildman–Crippen MR) is 33.6 cm³/mol. The lowest BCUT2D eigenvalue weighted by molar-refractivity contribution is -0.145. The van der Waals surface area contributed by atoms with Crippen LogP contribution in [0.4, 0.5) is 13.2 Å². The topological polar surface area (TPSA) is 25.8 Å². The minimum Gasteiger partial charge on any atom is -0.232 e. The predicted octanol–water partition coefficient (Wildman–Crippen LogP) is 2.06. The third-order valence-electron chi connectivity index (χ3n) is 0.828. The Morgan fingerprint density at radius 3 is 2.45 bits per heavy atom. The van der Waals surface area contributed by atoms with Crippen LogP contribution in [0.5, 0.6) is 0 Å². The van der Waals surface area contributed by atoms with Crippen LogP contribution in [-0.2, 0) is 6.18 Å². The van der Waals surface area contributed by atoms with Crippen molar-refractivity contribution in [3.8, 4) is 0 Å². The molecule has 0 aliphatic rings. The van der Waals surface area contributed by atoms with E-state index < -0.39 is 12.0 Å². The normalized spacial score (nSPS) is 11.6.